The first kappa shape index (κ1) is 15.4. The highest BCUT2D eigenvalue weighted by molar-refractivity contribution is 7.94. The van der Waals surface area contributed by atoms with Gasteiger partial charge in [0, 0.05) is 17.5 Å². The molecule has 0 aliphatic rings. The van der Waals surface area contributed by atoms with Gasteiger partial charge < -0.3 is 5.32 Å². The number of hydrogen-bond donors (Lipinski definition) is 1. The highest BCUT2D eigenvalue weighted by atomic mass is 32.2. The minimum atomic E-state index is -3.72. The van der Waals surface area contributed by atoms with Crippen molar-refractivity contribution in [2.75, 3.05) is 12.3 Å². The fraction of sp³-hybridized carbons (Fsp3) is 0.143. The van der Waals surface area contributed by atoms with Gasteiger partial charge in [0.25, 0.3) is 0 Å². The molecule has 0 aliphatic carbocycles. The fourth-order valence-corrected chi connectivity index (χ4v) is 3.88. The predicted octanol–water partition coefficient (Wildman–Crippen LogP) is 1.89. The Labute approximate surface area is 127 Å². The van der Waals surface area contributed by atoms with Crippen LogP contribution in [0.5, 0.6) is 0 Å². The van der Waals surface area contributed by atoms with Gasteiger partial charge in [-0.15, -0.1) is 17.9 Å². The van der Waals surface area contributed by atoms with Crippen LogP contribution in [0.25, 0.3) is 11.3 Å². The number of amides is 1. The smallest absolute Gasteiger partial charge is 0.235 e. The lowest BCUT2D eigenvalue weighted by Gasteiger charge is -2.01. The van der Waals surface area contributed by atoms with Gasteiger partial charge in [-0.2, -0.15) is 0 Å². The van der Waals surface area contributed by atoms with E-state index in [-0.39, 0.29) is 10.9 Å². The number of nitrogens with one attached hydrogen (secondary N) is 1. The van der Waals surface area contributed by atoms with Crippen LogP contribution in [0.3, 0.4) is 0 Å². The summed E-state index contributed by atoms with van der Waals surface area (Å²) in [6.07, 6.45) is 1.49. The summed E-state index contributed by atoms with van der Waals surface area (Å²) >= 11 is 1.02. The van der Waals surface area contributed by atoms with Crippen molar-refractivity contribution in [3.8, 4) is 11.3 Å². The van der Waals surface area contributed by atoms with Crippen molar-refractivity contribution in [2.24, 2.45) is 0 Å². The van der Waals surface area contributed by atoms with E-state index in [2.05, 4.69) is 16.9 Å². The summed E-state index contributed by atoms with van der Waals surface area (Å²) in [5.74, 6) is -1.17. The number of rotatable bonds is 6. The zero-order chi connectivity index (χ0) is 15.3. The number of carbonyl (C=O) groups is 1. The highest BCUT2D eigenvalue weighted by Crippen LogP contribution is 2.24. The van der Waals surface area contributed by atoms with Gasteiger partial charge in [0.15, 0.2) is 0 Å². The van der Waals surface area contributed by atoms with Crippen molar-refractivity contribution in [3.63, 3.8) is 0 Å². The first-order valence-corrected chi connectivity index (χ1v) is 8.67. The molecule has 1 aromatic heterocycles. The Morgan fingerprint density at radius 1 is 1.33 bits per heavy atom. The molecule has 2 rings (SSSR count). The minimum Gasteiger partial charge on any atom is -0.352 e. The Morgan fingerprint density at radius 3 is 2.71 bits per heavy atom. The Kier molecular flexibility index (Phi) is 4.87. The topological polar surface area (TPSA) is 76.1 Å². The number of thiazole rings is 1. The molecule has 21 heavy (non-hydrogen) atoms. The molecule has 1 heterocycles. The zero-order valence-corrected chi connectivity index (χ0v) is 12.8. The van der Waals surface area contributed by atoms with Crippen LogP contribution in [0.2, 0.25) is 0 Å². The van der Waals surface area contributed by atoms with Gasteiger partial charge in [0.2, 0.25) is 20.1 Å². The van der Waals surface area contributed by atoms with Gasteiger partial charge >= 0.3 is 0 Å². The van der Waals surface area contributed by atoms with Gasteiger partial charge in [-0.05, 0) is 0 Å². The third kappa shape index (κ3) is 3.99. The summed E-state index contributed by atoms with van der Waals surface area (Å²) in [5.41, 5.74) is 1.43. The summed E-state index contributed by atoms with van der Waals surface area (Å²) in [4.78, 5) is 15.6. The maximum atomic E-state index is 12.1. The lowest BCUT2D eigenvalue weighted by Crippen LogP contribution is -2.30. The first-order chi connectivity index (χ1) is 10.0. The number of hydrogen-bond acceptors (Lipinski definition) is 5. The summed E-state index contributed by atoms with van der Waals surface area (Å²) in [5, 5.41) is 4.11. The number of nitrogens with zero attached hydrogens (tertiary/aromatic N) is 1. The normalized spacial score (nSPS) is 11.0. The zero-order valence-electron chi connectivity index (χ0n) is 11.2. The van der Waals surface area contributed by atoms with Crippen molar-refractivity contribution in [2.45, 2.75) is 4.34 Å². The Balaban J connectivity index is 2.16. The third-order valence-electron chi connectivity index (χ3n) is 2.58. The maximum absolute atomic E-state index is 12.1. The second-order valence-electron chi connectivity index (χ2n) is 4.22. The molecule has 0 bridgehead atoms. The summed E-state index contributed by atoms with van der Waals surface area (Å²) in [7, 11) is -3.72. The lowest BCUT2D eigenvalue weighted by atomic mass is 10.2. The summed E-state index contributed by atoms with van der Waals surface area (Å²) in [6.45, 7) is 3.69. The van der Waals surface area contributed by atoms with Crippen LogP contribution in [-0.2, 0) is 14.6 Å². The molecule has 5 nitrogen and oxygen atoms in total. The SMILES string of the molecule is C=CCNC(=O)CS(=O)(=O)c1nc(-c2ccccc2)cs1. The van der Waals surface area contributed by atoms with E-state index in [4.69, 9.17) is 0 Å². The van der Waals surface area contributed by atoms with Crippen LogP contribution in [0.15, 0.2) is 52.7 Å². The molecule has 1 aromatic carbocycles. The second kappa shape index (κ2) is 6.64. The van der Waals surface area contributed by atoms with Gasteiger partial charge in [-0.25, -0.2) is 13.4 Å². The Hall–Kier alpha value is -1.99. The average Bonchev–Trinajstić information content (AvgIpc) is 2.96. The quantitative estimate of drug-likeness (QED) is 0.824. The molecule has 1 amide bonds. The van der Waals surface area contributed by atoms with Crippen LogP contribution in [0, 0.1) is 0 Å². The van der Waals surface area contributed by atoms with Gasteiger partial charge in [0.1, 0.15) is 5.75 Å². The van der Waals surface area contributed by atoms with Crippen LogP contribution >= 0.6 is 11.3 Å². The molecule has 0 saturated heterocycles. The molecule has 1 N–H and O–H groups in total. The number of sulfone groups is 1. The minimum absolute atomic E-state index is 0.0462. The lowest BCUT2D eigenvalue weighted by molar-refractivity contribution is -0.118. The molecule has 110 valence electrons. The average molecular weight is 322 g/mol. The second-order valence-corrected chi connectivity index (χ2v) is 7.24. The van der Waals surface area contributed by atoms with Crippen LogP contribution in [0.4, 0.5) is 0 Å². The van der Waals surface area contributed by atoms with Crippen LogP contribution in [-0.4, -0.2) is 31.6 Å². The fourth-order valence-electron chi connectivity index (χ4n) is 1.61. The van der Waals surface area contributed by atoms with E-state index in [0.29, 0.717) is 5.69 Å². The predicted molar refractivity (Wildman–Crippen MR) is 82.8 cm³/mol. The molecule has 2 aromatic rings. The molecule has 7 heteroatoms. The first-order valence-electron chi connectivity index (χ1n) is 6.14. The van der Waals surface area contributed by atoms with E-state index in [1.165, 1.54) is 6.08 Å². The Bertz CT molecular complexity index is 737. The van der Waals surface area contributed by atoms with E-state index in [0.717, 1.165) is 16.9 Å². The Morgan fingerprint density at radius 2 is 2.05 bits per heavy atom. The van der Waals surface area contributed by atoms with Crippen molar-refractivity contribution in [3.05, 3.63) is 48.4 Å². The molecule has 0 aliphatic heterocycles. The molecule has 0 unspecified atom stereocenters. The standard InChI is InChI=1S/C14H14N2O3S2/c1-2-8-15-13(17)10-21(18,19)14-16-12(9-20-14)11-6-4-3-5-7-11/h2-7,9H,1,8,10H2,(H,15,17). The van der Waals surface area contributed by atoms with E-state index in [1.807, 2.05) is 30.3 Å². The largest absolute Gasteiger partial charge is 0.352 e. The van der Waals surface area contributed by atoms with Gasteiger partial charge in [-0.3, -0.25) is 4.79 Å². The van der Waals surface area contributed by atoms with Crippen molar-refractivity contribution in [1.82, 2.24) is 10.3 Å². The number of carbonyl (C=O) groups excluding carboxylic acids is 1. The monoisotopic (exact) mass is 322 g/mol. The summed E-state index contributed by atoms with van der Waals surface area (Å²) in [6, 6.07) is 9.28. The van der Waals surface area contributed by atoms with Crippen LogP contribution < -0.4 is 5.32 Å². The molecule has 0 fully saturated rings. The van der Waals surface area contributed by atoms with E-state index in [1.54, 1.807) is 5.38 Å². The van der Waals surface area contributed by atoms with Crippen LogP contribution in [0.1, 0.15) is 0 Å². The summed E-state index contributed by atoms with van der Waals surface area (Å²) < 4.78 is 24.2. The molecule has 0 radical (unpaired) electrons. The molecular weight excluding hydrogens is 308 g/mol. The number of benzene rings is 1. The van der Waals surface area contributed by atoms with Crippen molar-refractivity contribution >= 4 is 27.1 Å². The maximum Gasteiger partial charge on any atom is 0.235 e. The number of aromatic nitrogens is 1. The van der Waals surface area contributed by atoms with E-state index in [9.17, 15) is 13.2 Å². The molecule has 0 atom stereocenters. The van der Waals surface area contributed by atoms with E-state index >= 15 is 0 Å². The van der Waals surface area contributed by atoms with E-state index < -0.39 is 21.5 Å². The molecule has 0 spiro atoms. The molecule has 0 saturated carbocycles. The molecular formula is C14H14N2O3S2. The third-order valence-corrected chi connectivity index (χ3v) is 5.53. The highest BCUT2D eigenvalue weighted by Gasteiger charge is 2.23. The van der Waals surface area contributed by atoms with Gasteiger partial charge in [0.05, 0.1) is 5.69 Å². The van der Waals surface area contributed by atoms with Gasteiger partial charge in [-0.1, -0.05) is 36.4 Å². The van der Waals surface area contributed by atoms with Crippen molar-refractivity contribution in [1.29, 1.82) is 0 Å². The van der Waals surface area contributed by atoms with Crippen molar-refractivity contribution < 1.29 is 13.2 Å².